The van der Waals surface area contributed by atoms with Crippen molar-refractivity contribution < 1.29 is 9.59 Å². The molecule has 0 aliphatic heterocycles. The molecule has 0 atom stereocenters. The number of carbonyl (C=O) groups is 2. The molecule has 6 nitrogen and oxygen atoms in total. The van der Waals surface area contributed by atoms with E-state index in [1.165, 1.54) is 11.3 Å². The lowest BCUT2D eigenvalue weighted by Crippen LogP contribution is -2.32. The van der Waals surface area contributed by atoms with Crippen molar-refractivity contribution in [2.24, 2.45) is 5.92 Å². The van der Waals surface area contributed by atoms with Gasteiger partial charge >= 0.3 is 0 Å². The van der Waals surface area contributed by atoms with Crippen LogP contribution in [0.4, 0.5) is 0 Å². The lowest BCUT2D eigenvalue weighted by atomic mass is 10.1. The van der Waals surface area contributed by atoms with Crippen molar-refractivity contribution in [1.29, 1.82) is 0 Å². The number of aromatic nitrogens is 2. The zero-order valence-electron chi connectivity index (χ0n) is 19.3. The highest BCUT2D eigenvalue weighted by Gasteiger charge is 2.19. The number of amides is 2. The standard InChI is InChI=1S/C25H32N4O2S/c1-5-12-29(25(31)21-11-7-6-9-19(21)4)15-20-10-8-13-28(20)16-23-27-22(17-32-23)24(30)26-14-18(2)3/h6-11,13,17-18H,5,12,14-16H2,1-4H3,(H,26,30). The Labute approximate surface area is 194 Å². The maximum absolute atomic E-state index is 13.2. The van der Waals surface area contributed by atoms with E-state index in [0.717, 1.165) is 28.2 Å². The Hall–Kier alpha value is -2.93. The van der Waals surface area contributed by atoms with Gasteiger partial charge in [-0.3, -0.25) is 9.59 Å². The molecule has 32 heavy (non-hydrogen) atoms. The van der Waals surface area contributed by atoms with Gasteiger partial charge < -0.3 is 14.8 Å². The second-order valence-electron chi connectivity index (χ2n) is 8.40. The largest absolute Gasteiger partial charge is 0.350 e. The summed E-state index contributed by atoms with van der Waals surface area (Å²) in [5.41, 5.74) is 3.24. The van der Waals surface area contributed by atoms with Crippen LogP contribution in [0.25, 0.3) is 0 Å². The molecule has 3 rings (SSSR count). The van der Waals surface area contributed by atoms with Crippen molar-refractivity contribution in [3.8, 4) is 0 Å². The first-order valence-corrected chi connectivity index (χ1v) is 12.0. The fraction of sp³-hybridized carbons (Fsp3) is 0.400. The second kappa shape index (κ2) is 11.1. The summed E-state index contributed by atoms with van der Waals surface area (Å²) < 4.78 is 2.10. The number of nitrogens with one attached hydrogen (secondary N) is 1. The molecular weight excluding hydrogens is 420 g/mol. The first-order valence-electron chi connectivity index (χ1n) is 11.1. The Morgan fingerprint density at radius 1 is 1.19 bits per heavy atom. The summed E-state index contributed by atoms with van der Waals surface area (Å²) in [5, 5.41) is 5.58. The number of thiazole rings is 1. The van der Waals surface area contributed by atoms with Gasteiger partial charge in [-0.15, -0.1) is 11.3 Å². The van der Waals surface area contributed by atoms with Crippen molar-refractivity contribution >= 4 is 23.2 Å². The van der Waals surface area contributed by atoms with Gasteiger partial charge in [-0.1, -0.05) is 39.0 Å². The van der Waals surface area contributed by atoms with Crippen molar-refractivity contribution in [1.82, 2.24) is 19.8 Å². The van der Waals surface area contributed by atoms with Crippen molar-refractivity contribution in [3.63, 3.8) is 0 Å². The summed E-state index contributed by atoms with van der Waals surface area (Å²) >= 11 is 1.48. The summed E-state index contributed by atoms with van der Waals surface area (Å²) in [4.78, 5) is 31.9. The van der Waals surface area contributed by atoms with E-state index in [0.29, 0.717) is 37.8 Å². The SMILES string of the molecule is CCCN(Cc1cccn1Cc1nc(C(=O)NCC(C)C)cs1)C(=O)c1ccccc1C. The third-order valence-corrected chi connectivity index (χ3v) is 6.03. The summed E-state index contributed by atoms with van der Waals surface area (Å²) in [7, 11) is 0. The number of carbonyl (C=O) groups excluding carboxylic acids is 2. The number of hydrogen-bond donors (Lipinski definition) is 1. The average molecular weight is 453 g/mol. The molecule has 3 aromatic rings. The maximum Gasteiger partial charge on any atom is 0.270 e. The molecule has 1 N–H and O–H groups in total. The van der Waals surface area contributed by atoms with Gasteiger partial charge in [0.2, 0.25) is 0 Å². The fourth-order valence-corrected chi connectivity index (χ4v) is 4.24. The Bertz CT molecular complexity index is 1050. The lowest BCUT2D eigenvalue weighted by molar-refractivity contribution is 0.0738. The van der Waals surface area contributed by atoms with E-state index in [2.05, 4.69) is 35.6 Å². The number of rotatable bonds is 10. The van der Waals surface area contributed by atoms with Crippen LogP contribution in [-0.4, -0.2) is 39.4 Å². The van der Waals surface area contributed by atoms with E-state index in [1.54, 1.807) is 5.38 Å². The molecule has 2 aromatic heterocycles. The van der Waals surface area contributed by atoms with Crippen LogP contribution < -0.4 is 5.32 Å². The Morgan fingerprint density at radius 2 is 1.97 bits per heavy atom. The molecule has 0 fully saturated rings. The van der Waals surface area contributed by atoms with Crippen molar-refractivity contribution in [2.45, 2.75) is 47.2 Å². The molecule has 2 heterocycles. The molecule has 1 aromatic carbocycles. The van der Waals surface area contributed by atoms with Crippen molar-refractivity contribution in [2.75, 3.05) is 13.1 Å². The summed E-state index contributed by atoms with van der Waals surface area (Å²) in [6, 6.07) is 11.7. The van der Waals surface area contributed by atoms with Crippen LogP contribution in [0.2, 0.25) is 0 Å². The summed E-state index contributed by atoms with van der Waals surface area (Å²) in [6.45, 7) is 10.6. The molecular formula is C25H32N4O2S. The maximum atomic E-state index is 13.2. The average Bonchev–Trinajstić information content (AvgIpc) is 3.41. The van der Waals surface area contributed by atoms with Gasteiger partial charge in [0.1, 0.15) is 10.7 Å². The van der Waals surface area contributed by atoms with Crippen LogP contribution in [0.5, 0.6) is 0 Å². The number of aryl methyl sites for hydroxylation is 1. The molecule has 2 amide bonds. The van der Waals surface area contributed by atoms with Gasteiger partial charge in [0, 0.05) is 35.9 Å². The normalized spacial score (nSPS) is 11.0. The smallest absolute Gasteiger partial charge is 0.270 e. The molecule has 0 saturated heterocycles. The summed E-state index contributed by atoms with van der Waals surface area (Å²) in [6.07, 6.45) is 2.89. The van der Waals surface area contributed by atoms with E-state index < -0.39 is 0 Å². The molecule has 0 saturated carbocycles. The highest BCUT2D eigenvalue weighted by Crippen LogP contribution is 2.17. The quantitative estimate of drug-likeness (QED) is 0.483. The number of hydrogen-bond acceptors (Lipinski definition) is 4. The Kier molecular flexibility index (Phi) is 8.22. The fourth-order valence-electron chi connectivity index (χ4n) is 3.47. The third kappa shape index (κ3) is 6.07. The molecule has 0 unspecified atom stereocenters. The zero-order chi connectivity index (χ0) is 23.1. The Balaban J connectivity index is 1.71. The van der Waals surface area contributed by atoms with Crippen LogP contribution in [-0.2, 0) is 13.1 Å². The van der Waals surface area contributed by atoms with E-state index >= 15 is 0 Å². The van der Waals surface area contributed by atoms with E-state index in [-0.39, 0.29) is 11.8 Å². The molecule has 0 radical (unpaired) electrons. The third-order valence-electron chi connectivity index (χ3n) is 5.19. The molecule has 0 bridgehead atoms. The van der Waals surface area contributed by atoms with Crippen LogP contribution >= 0.6 is 11.3 Å². The predicted octanol–water partition coefficient (Wildman–Crippen LogP) is 4.74. The van der Waals surface area contributed by atoms with E-state index in [1.807, 2.05) is 54.4 Å². The molecule has 0 aliphatic rings. The lowest BCUT2D eigenvalue weighted by Gasteiger charge is -2.24. The molecule has 7 heteroatoms. The van der Waals surface area contributed by atoms with Crippen LogP contribution in [0.15, 0.2) is 48.0 Å². The van der Waals surface area contributed by atoms with Gasteiger partial charge in [-0.25, -0.2) is 4.98 Å². The molecule has 0 spiro atoms. The monoisotopic (exact) mass is 452 g/mol. The van der Waals surface area contributed by atoms with Crippen LogP contribution in [0.1, 0.15) is 64.3 Å². The van der Waals surface area contributed by atoms with Gasteiger partial charge in [0.05, 0.1) is 13.1 Å². The van der Waals surface area contributed by atoms with Gasteiger partial charge in [0.25, 0.3) is 11.8 Å². The number of benzene rings is 1. The predicted molar refractivity (Wildman–Crippen MR) is 129 cm³/mol. The van der Waals surface area contributed by atoms with E-state index in [9.17, 15) is 9.59 Å². The zero-order valence-corrected chi connectivity index (χ0v) is 20.1. The highest BCUT2D eigenvalue weighted by molar-refractivity contribution is 7.09. The minimum atomic E-state index is -0.133. The van der Waals surface area contributed by atoms with Crippen molar-refractivity contribution in [3.05, 3.63) is 75.5 Å². The van der Waals surface area contributed by atoms with E-state index in [4.69, 9.17) is 0 Å². The summed E-state index contributed by atoms with van der Waals surface area (Å²) in [5.74, 6) is 0.316. The van der Waals surface area contributed by atoms with Crippen LogP contribution in [0.3, 0.4) is 0 Å². The first kappa shape index (κ1) is 23.7. The second-order valence-corrected chi connectivity index (χ2v) is 9.34. The van der Waals surface area contributed by atoms with Crippen LogP contribution in [0, 0.1) is 12.8 Å². The minimum absolute atomic E-state index is 0.0519. The molecule has 0 aliphatic carbocycles. The topological polar surface area (TPSA) is 67.2 Å². The number of nitrogens with zero attached hydrogens (tertiary/aromatic N) is 3. The van der Waals surface area contributed by atoms with Gasteiger partial charge in [-0.2, -0.15) is 0 Å². The highest BCUT2D eigenvalue weighted by atomic mass is 32.1. The molecule has 170 valence electrons. The minimum Gasteiger partial charge on any atom is -0.350 e. The Morgan fingerprint density at radius 3 is 2.69 bits per heavy atom. The van der Waals surface area contributed by atoms with Gasteiger partial charge in [0.15, 0.2) is 0 Å². The first-order chi connectivity index (χ1) is 15.4. The van der Waals surface area contributed by atoms with Gasteiger partial charge in [-0.05, 0) is 43.0 Å².